The zero-order valence-corrected chi connectivity index (χ0v) is 44.8. The molecule has 5 aromatic heterocycles. The first-order valence-corrected chi connectivity index (χ1v) is 28.3. The smallest absolute Gasteiger partial charge is 0.188 e. The molecule has 7 heterocycles. The molecule has 0 fully saturated rings. The maximum absolute atomic E-state index is 8.09. The molecule has 0 atom stereocenters. The third kappa shape index (κ3) is 6.09. The van der Waals surface area contributed by atoms with Gasteiger partial charge in [0.25, 0.3) is 0 Å². The van der Waals surface area contributed by atoms with Crippen molar-refractivity contribution in [3.05, 3.63) is 288 Å². The van der Waals surface area contributed by atoms with Crippen LogP contribution >= 0.6 is 11.8 Å². The maximum Gasteiger partial charge on any atom is 0.188 e. The lowest BCUT2D eigenvalue weighted by Crippen LogP contribution is -2.33. The number of nitrogens with zero attached hydrogens (tertiary/aromatic N) is 8. The maximum atomic E-state index is 8.09. The number of fused-ring (bicyclic) bond motifs is 20. The van der Waals surface area contributed by atoms with E-state index < -0.39 is 5.41 Å². The topological polar surface area (TPSA) is 61.8 Å². The fourth-order valence-corrected chi connectivity index (χ4v) is 15.1. The van der Waals surface area contributed by atoms with Gasteiger partial charge >= 0.3 is 0 Å². The summed E-state index contributed by atoms with van der Waals surface area (Å²) in [7, 11) is 0. The number of benzene rings is 10. The van der Waals surface area contributed by atoms with Gasteiger partial charge in [0.05, 0.1) is 110 Å². The molecule has 0 amide bonds. The zero-order valence-electron chi connectivity index (χ0n) is 44.0. The molecule has 83 heavy (non-hydrogen) atoms. The van der Waals surface area contributed by atoms with Crippen LogP contribution in [0.5, 0.6) is 11.5 Å². The lowest BCUT2D eigenvalue weighted by Gasteiger charge is -2.42. The van der Waals surface area contributed by atoms with Crippen LogP contribution in [0.15, 0.2) is 253 Å². The molecule has 10 aromatic carbocycles. The second kappa shape index (κ2) is 16.9. The second-order valence-corrected chi connectivity index (χ2v) is 22.5. The van der Waals surface area contributed by atoms with E-state index in [0.717, 1.165) is 143 Å². The van der Waals surface area contributed by atoms with Crippen molar-refractivity contribution in [3.8, 4) is 39.9 Å². The van der Waals surface area contributed by atoms with E-state index in [2.05, 4.69) is 222 Å². The molecule has 0 saturated heterocycles. The Hall–Kier alpha value is -11.2. The van der Waals surface area contributed by atoms with Gasteiger partial charge in [0.15, 0.2) is 22.9 Å². The van der Waals surface area contributed by atoms with Gasteiger partial charge in [0.1, 0.15) is 0 Å². The average molecular weight is 1080 g/mol. The number of aromatic nitrogens is 5. The van der Waals surface area contributed by atoms with E-state index in [0.29, 0.717) is 22.9 Å². The summed E-state index contributed by atoms with van der Waals surface area (Å²) < 4.78 is 14.9. The van der Waals surface area contributed by atoms with E-state index in [9.17, 15) is 0 Å². The average Bonchev–Trinajstić information content (AvgIpc) is 2.59. The van der Waals surface area contributed by atoms with Gasteiger partial charge in [-0.1, -0.05) is 145 Å². The Morgan fingerprint density at radius 3 is 1.23 bits per heavy atom. The summed E-state index contributed by atoms with van der Waals surface area (Å²) in [5.74, 6) is 1.35. The van der Waals surface area contributed by atoms with Crippen LogP contribution < -0.4 is 9.64 Å². The molecular weight excluding hydrogens is 1040 g/mol. The number of hydrogen-bond acceptors (Lipinski definition) is 5. The van der Waals surface area contributed by atoms with Crippen molar-refractivity contribution in [2.45, 2.75) is 15.2 Å². The SMILES string of the molecule is [C-]#[N+]c1ccc2c(c1)c1cc([N+]#[C-])ccc1n2-c1cccc2c1Oc1c(N3c4ccccc4Sc4ccccc43)cccc1C21c2cc(-n3c4ccccc4c4ccccc43)cnc2-c2ncc(-n3c4ccccc4c4ccccc43)cc21. The highest BCUT2D eigenvalue weighted by Gasteiger charge is 2.54. The first kappa shape index (κ1) is 45.7. The molecule has 0 unspecified atom stereocenters. The number of ether oxygens (including phenoxy) is 1. The van der Waals surface area contributed by atoms with E-state index in [1.165, 1.54) is 0 Å². The molecule has 1 spiro atoms. The fraction of sp³-hybridized carbons (Fsp3) is 0.0137. The van der Waals surface area contributed by atoms with Gasteiger partial charge in [-0.25, -0.2) is 9.69 Å². The molecule has 1 aliphatic carbocycles. The van der Waals surface area contributed by atoms with Crippen molar-refractivity contribution in [1.82, 2.24) is 23.7 Å². The highest BCUT2D eigenvalue weighted by atomic mass is 32.2. The normalized spacial score (nSPS) is 13.4. The summed E-state index contributed by atoms with van der Waals surface area (Å²) in [5.41, 5.74) is 17.0. The van der Waals surface area contributed by atoms with Crippen LogP contribution in [0.1, 0.15) is 22.3 Å². The van der Waals surface area contributed by atoms with Crippen molar-refractivity contribution in [2.75, 3.05) is 4.90 Å². The molecule has 0 saturated carbocycles. The molecular formula is C73H40N8OS. The molecule has 9 nitrogen and oxygen atoms in total. The van der Waals surface area contributed by atoms with Gasteiger partial charge in [-0.15, -0.1) is 0 Å². The summed E-state index contributed by atoms with van der Waals surface area (Å²) >= 11 is 1.77. The van der Waals surface area contributed by atoms with E-state index in [1.54, 1.807) is 11.8 Å². The number of rotatable bonds is 4. The standard InChI is InChI=1S/C73H40N8OS/c1-74-43-33-35-61-51(37-43)52-38-44(75-2)34-36-62(52)80(61)65-29-15-21-53-71(65)82-72-54(22-16-30-66(72)81-63-27-11-13-31-67(63)83-68-32-14-12-28-64(68)81)73(53)55-39-45(78-57-23-7-3-17-47(57)48-18-4-8-24-58(48)78)41-76-69(55)70-56(73)40-46(42-77-70)79-59-25-9-5-19-49(59)50-20-6-10-26-60(50)79/h3-42H. The Labute approximate surface area is 479 Å². The van der Waals surface area contributed by atoms with E-state index >= 15 is 0 Å². The number of para-hydroxylation sites is 8. The number of pyridine rings is 2. The summed E-state index contributed by atoms with van der Waals surface area (Å²) in [6, 6.07) is 81.3. The molecule has 10 heteroatoms. The quantitative estimate of drug-likeness (QED) is 0.164. The largest absolute Gasteiger partial charge is 0.452 e. The molecule has 0 radical (unpaired) electrons. The highest BCUT2D eigenvalue weighted by molar-refractivity contribution is 7.99. The van der Waals surface area contributed by atoms with Crippen LogP contribution in [-0.2, 0) is 5.41 Å². The number of anilines is 3. The summed E-state index contributed by atoms with van der Waals surface area (Å²) in [6.45, 7) is 16.2. The minimum atomic E-state index is -1.12. The van der Waals surface area contributed by atoms with Gasteiger partial charge in [-0.3, -0.25) is 9.97 Å². The first-order valence-electron chi connectivity index (χ1n) is 27.5. The van der Waals surface area contributed by atoms with Crippen LogP contribution in [0.4, 0.5) is 28.4 Å². The fourth-order valence-electron chi connectivity index (χ4n) is 14.0. The van der Waals surface area contributed by atoms with Crippen LogP contribution in [0, 0.1) is 13.1 Å². The van der Waals surface area contributed by atoms with Crippen LogP contribution in [0.3, 0.4) is 0 Å². The van der Waals surface area contributed by atoms with Crippen molar-refractivity contribution in [2.24, 2.45) is 0 Å². The van der Waals surface area contributed by atoms with E-state index in [-0.39, 0.29) is 0 Å². The van der Waals surface area contributed by atoms with Gasteiger partial charge in [0.2, 0.25) is 0 Å². The Kier molecular flexibility index (Phi) is 9.32. The third-order valence-corrected chi connectivity index (χ3v) is 18.5. The molecule has 0 N–H and O–H groups in total. The van der Waals surface area contributed by atoms with Gasteiger partial charge < -0.3 is 23.3 Å². The minimum Gasteiger partial charge on any atom is -0.452 e. The Balaban J connectivity index is 1.01. The third-order valence-electron chi connectivity index (χ3n) is 17.4. The Bertz CT molecular complexity index is 5090. The minimum absolute atomic E-state index is 0.520. The van der Waals surface area contributed by atoms with Crippen molar-refractivity contribution >= 4 is 106 Å². The second-order valence-electron chi connectivity index (χ2n) is 21.4. The van der Waals surface area contributed by atoms with E-state index in [1.807, 2.05) is 48.8 Å². The molecule has 3 aliphatic rings. The van der Waals surface area contributed by atoms with E-state index in [4.69, 9.17) is 27.8 Å². The van der Waals surface area contributed by atoms with Crippen molar-refractivity contribution in [3.63, 3.8) is 0 Å². The molecule has 2 aliphatic heterocycles. The molecule has 15 aromatic rings. The van der Waals surface area contributed by atoms with Gasteiger partial charge in [0, 0.05) is 53.6 Å². The predicted octanol–water partition coefficient (Wildman–Crippen LogP) is 19.3. The molecule has 0 bridgehead atoms. The summed E-state index contributed by atoms with van der Waals surface area (Å²) in [5, 5.41) is 6.39. The highest BCUT2D eigenvalue weighted by Crippen LogP contribution is 2.66. The Morgan fingerprint density at radius 2 is 0.759 bits per heavy atom. The lowest BCUT2D eigenvalue weighted by molar-refractivity contribution is 0.435. The van der Waals surface area contributed by atoms with Gasteiger partial charge in [-0.2, -0.15) is 0 Å². The van der Waals surface area contributed by atoms with Crippen molar-refractivity contribution < 1.29 is 4.74 Å². The predicted molar refractivity (Wildman–Crippen MR) is 334 cm³/mol. The van der Waals surface area contributed by atoms with Crippen LogP contribution in [0.25, 0.3) is 104 Å². The Morgan fingerprint density at radius 1 is 0.361 bits per heavy atom. The van der Waals surface area contributed by atoms with Crippen LogP contribution in [-0.4, -0.2) is 23.7 Å². The summed E-state index contributed by atoms with van der Waals surface area (Å²) in [6.07, 6.45) is 4.03. The molecule has 384 valence electrons. The lowest BCUT2D eigenvalue weighted by atomic mass is 9.66. The van der Waals surface area contributed by atoms with Gasteiger partial charge in [-0.05, 0) is 108 Å². The summed E-state index contributed by atoms with van der Waals surface area (Å²) in [4.78, 5) is 23.6. The monoisotopic (exact) mass is 1080 g/mol. The molecule has 18 rings (SSSR count). The van der Waals surface area contributed by atoms with Crippen molar-refractivity contribution in [1.29, 1.82) is 0 Å². The number of hydrogen-bond donors (Lipinski definition) is 0. The zero-order chi connectivity index (χ0) is 54.7. The van der Waals surface area contributed by atoms with Crippen LogP contribution in [0.2, 0.25) is 0 Å². The first-order chi connectivity index (χ1) is 41.1.